The zero-order valence-corrected chi connectivity index (χ0v) is 13.6. The van der Waals surface area contributed by atoms with E-state index in [1.54, 1.807) is 12.1 Å². The number of nitrogens with one attached hydrogen (secondary N) is 1. The van der Waals surface area contributed by atoms with Crippen molar-refractivity contribution in [2.45, 2.75) is 20.0 Å². The van der Waals surface area contributed by atoms with Crippen molar-refractivity contribution in [1.82, 2.24) is 10.2 Å². The van der Waals surface area contributed by atoms with E-state index in [1.165, 1.54) is 6.92 Å². The molecule has 2 rings (SSSR count). The minimum absolute atomic E-state index is 0.259. The highest BCUT2D eigenvalue weighted by atomic mass is 35.5. The molecule has 1 aliphatic heterocycles. The van der Waals surface area contributed by atoms with Gasteiger partial charge >= 0.3 is 12.0 Å². The van der Waals surface area contributed by atoms with Gasteiger partial charge in [-0.2, -0.15) is 0 Å². The quantitative estimate of drug-likeness (QED) is 0.821. The van der Waals surface area contributed by atoms with Crippen molar-refractivity contribution in [2.24, 2.45) is 0 Å². The van der Waals surface area contributed by atoms with Crippen LogP contribution in [-0.2, 0) is 14.3 Å². The number of hydrogen-bond donors (Lipinski definition) is 1. The number of urea groups is 1. The van der Waals surface area contributed by atoms with Crippen LogP contribution in [0.15, 0.2) is 18.2 Å². The van der Waals surface area contributed by atoms with Gasteiger partial charge in [0, 0.05) is 13.1 Å². The SMILES string of the molecule is Cc1ccc(Cl)c(OCC(=O)O[C@@H](C)C(=O)N2CCNC2=O)c1. The van der Waals surface area contributed by atoms with Gasteiger partial charge in [0.05, 0.1) is 5.02 Å². The molecule has 1 atom stereocenters. The highest BCUT2D eigenvalue weighted by molar-refractivity contribution is 6.32. The molecule has 1 aromatic carbocycles. The Labute approximate surface area is 138 Å². The fourth-order valence-corrected chi connectivity index (χ4v) is 2.21. The zero-order valence-electron chi connectivity index (χ0n) is 12.8. The second-order valence-corrected chi connectivity index (χ2v) is 5.48. The second-order valence-electron chi connectivity index (χ2n) is 5.08. The molecule has 0 spiro atoms. The summed E-state index contributed by atoms with van der Waals surface area (Å²) in [5.74, 6) is -0.925. The van der Waals surface area contributed by atoms with E-state index in [9.17, 15) is 14.4 Å². The van der Waals surface area contributed by atoms with Gasteiger partial charge in [0.25, 0.3) is 5.91 Å². The Balaban J connectivity index is 1.85. The van der Waals surface area contributed by atoms with Crippen LogP contribution in [-0.4, -0.2) is 48.6 Å². The molecular weight excluding hydrogens is 324 g/mol. The number of halogens is 1. The summed E-state index contributed by atoms with van der Waals surface area (Å²) in [6.07, 6.45) is -1.07. The molecular formula is C15H17ClN2O5. The fraction of sp³-hybridized carbons (Fsp3) is 0.400. The number of benzene rings is 1. The molecule has 0 saturated carbocycles. The van der Waals surface area contributed by atoms with Crippen LogP contribution < -0.4 is 10.1 Å². The largest absolute Gasteiger partial charge is 0.480 e. The normalized spacial score (nSPS) is 15.1. The number of ether oxygens (including phenoxy) is 2. The molecule has 7 nitrogen and oxygen atoms in total. The molecule has 23 heavy (non-hydrogen) atoms. The van der Waals surface area contributed by atoms with E-state index < -0.39 is 24.0 Å². The topological polar surface area (TPSA) is 84.9 Å². The minimum atomic E-state index is -1.07. The first-order valence-electron chi connectivity index (χ1n) is 7.06. The molecule has 0 unspecified atom stereocenters. The van der Waals surface area contributed by atoms with Gasteiger partial charge in [-0.15, -0.1) is 0 Å². The Hall–Kier alpha value is -2.28. The summed E-state index contributed by atoms with van der Waals surface area (Å²) < 4.78 is 10.3. The van der Waals surface area contributed by atoms with Crippen LogP contribution in [0.5, 0.6) is 5.75 Å². The summed E-state index contributed by atoms with van der Waals surface area (Å²) in [4.78, 5) is 36.2. The van der Waals surface area contributed by atoms with Gasteiger partial charge in [-0.05, 0) is 31.5 Å². The van der Waals surface area contributed by atoms with Crippen LogP contribution in [0.25, 0.3) is 0 Å². The molecule has 0 radical (unpaired) electrons. The number of nitrogens with zero attached hydrogens (tertiary/aromatic N) is 1. The average Bonchev–Trinajstić information content (AvgIpc) is 2.93. The number of carbonyl (C=O) groups excluding carboxylic acids is 3. The number of hydrogen-bond acceptors (Lipinski definition) is 5. The number of rotatable bonds is 5. The fourth-order valence-electron chi connectivity index (χ4n) is 2.04. The summed E-state index contributed by atoms with van der Waals surface area (Å²) in [6.45, 7) is 3.54. The molecule has 124 valence electrons. The van der Waals surface area contributed by atoms with E-state index >= 15 is 0 Å². The average molecular weight is 341 g/mol. The van der Waals surface area contributed by atoms with E-state index in [1.807, 2.05) is 13.0 Å². The lowest BCUT2D eigenvalue weighted by Gasteiger charge is -2.18. The van der Waals surface area contributed by atoms with Crippen molar-refractivity contribution in [2.75, 3.05) is 19.7 Å². The Morgan fingerprint density at radius 3 is 2.83 bits per heavy atom. The Morgan fingerprint density at radius 2 is 2.17 bits per heavy atom. The summed E-state index contributed by atoms with van der Waals surface area (Å²) in [6, 6.07) is 4.68. The van der Waals surface area contributed by atoms with Gasteiger partial charge in [0.1, 0.15) is 5.75 Å². The van der Waals surface area contributed by atoms with Crippen molar-refractivity contribution in [3.8, 4) is 5.75 Å². The third kappa shape index (κ3) is 4.35. The van der Waals surface area contributed by atoms with Gasteiger partial charge < -0.3 is 14.8 Å². The van der Waals surface area contributed by atoms with E-state index in [-0.39, 0.29) is 13.2 Å². The lowest BCUT2D eigenvalue weighted by atomic mass is 10.2. The lowest BCUT2D eigenvalue weighted by Crippen LogP contribution is -2.42. The highest BCUT2D eigenvalue weighted by Gasteiger charge is 2.31. The number of aryl methyl sites for hydroxylation is 1. The summed E-state index contributed by atoms with van der Waals surface area (Å²) in [7, 11) is 0. The summed E-state index contributed by atoms with van der Waals surface area (Å²) >= 11 is 5.96. The second kappa shape index (κ2) is 7.32. The van der Waals surface area contributed by atoms with Crippen molar-refractivity contribution < 1.29 is 23.9 Å². The number of imide groups is 1. The van der Waals surface area contributed by atoms with Crippen LogP contribution in [0, 0.1) is 6.92 Å². The third-order valence-corrected chi connectivity index (χ3v) is 3.52. The molecule has 0 aromatic heterocycles. The van der Waals surface area contributed by atoms with E-state index in [2.05, 4.69) is 5.32 Å². The highest BCUT2D eigenvalue weighted by Crippen LogP contribution is 2.25. The van der Waals surface area contributed by atoms with Gasteiger partial charge in [-0.3, -0.25) is 9.69 Å². The zero-order chi connectivity index (χ0) is 17.0. The Kier molecular flexibility index (Phi) is 5.44. The monoisotopic (exact) mass is 340 g/mol. The predicted octanol–water partition coefficient (Wildman–Crippen LogP) is 1.51. The first kappa shape index (κ1) is 17.1. The number of esters is 1. The van der Waals surface area contributed by atoms with Crippen LogP contribution >= 0.6 is 11.6 Å². The smallest absolute Gasteiger partial charge is 0.344 e. The van der Waals surface area contributed by atoms with Gasteiger partial charge in [0.15, 0.2) is 12.7 Å². The number of amides is 3. The van der Waals surface area contributed by atoms with Crippen molar-refractivity contribution in [3.05, 3.63) is 28.8 Å². The molecule has 3 amide bonds. The van der Waals surface area contributed by atoms with E-state index in [0.717, 1.165) is 10.5 Å². The molecule has 1 aliphatic rings. The molecule has 0 bridgehead atoms. The van der Waals surface area contributed by atoms with Crippen molar-refractivity contribution in [1.29, 1.82) is 0 Å². The van der Waals surface area contributed by atoms with Gasteiger partial charge in [0.2, 0.25) is 0 Å². The molecule has 1 N–H and O–H groups in total. The van der Waals surface area contributed by atoms with Gasteiger partial charge in [-0.25, -0.2) is 9.59 Å². The lowest BCUT2D eigenvalue weighted by molar-refractivity contribution is -0.159. The minimum Gasteiger partial charge on any atom is -0.480 e. The van der Waals surface area contributed by atoms with E-state index in [4.69, 9.17) is 21.1 Å². The summed E-state index contributed by atoms with van der Waals surface area (Å²) in [5, 5.41) is 2.88. The molecule has 1 fully saturated rings. The maximum Gasteiger partial charge on any atom is 0.344 e. The molecule has 1 saturated heterocycles. The van der Waals surface area contributed by atoms with Crippen LogP contribution in [0.3, 0.4) is 0 Å². The van der Waals surface area contributed by atoms with Crippen LogP contribution in [0.2, 0.25) is 5.02 Å². The third-order valence-electron chi connectivity index (χ3n) is 3.21. The van der Waals surface area contributed by atoms with Crippen LogP contribution in [0.4, 0.5) is 4.79 Å². The van der Waals surface area contributed by atoms with Gasteiger partial charge in [-0.1, -0.05) is 17.7 Å². The van der Waals surface area contributed by atoms with Crippen LogP contribution in [0.1, 0.15) is 12.5 Å². The van der Waals surface area contributed by atoms with Crippen molar-refractivity contribution in [3.63, 3.8) is 0 Å². The first-order chi connectivity index (χ1) is 10.9. The molecule has 1 aromatic rings. The summed E-state index contributed by atoms with van der Waals surface area (Å²) in [5.41, 5.74) is 0.932. The molecule has 1 heterocycles. The Bertz CT molecular complexity index is 634. The molecule has 8 heteroatoms. The maximum atomic E-state index is 12.0. The Morgan fingerprint density at radius 1 is 1.43 bits per heavy atom. The standard InChI is InChI=1S/C15H17ClN2O5/c1-9-3-4-11(16)12(7-9)22-8-13(19)23-10(2)14(20)18-6-5-17-15(18)21/h3-4,7,10H,5-6,8H2,1-2H3,(H,17,21)/t10-/m0/s1. The van der Waals surface area contributed by atoms with E-state index in [0.29, 0.717) is 17.3 Å². The first-order valence-corrected chi connectivity index (χ1v) is 7.44. The van der Waals surface area contributed by atoms with Crippen molar-refractivity contribution >= 4 is 29.5 Å². The predicted molar refractivity (Wildman–Crippen MR) is 82.3 cm³/mol. The maximum absolute atomic E-state index is 12.0. The number of carbonyl (C=O) groups is 3. The molecule has 0 aliphatic carbocycles.